The lowest BCUT2D eigenvalue weighted by Crippen LogP contribution is -2.17. The average Bonchev–Trinajstić information content (AvgIpc) is 2.71. The molecular weight excluding hydrogens is 212 g/mol. The molecule has 1 unspecified atom stereocenters. The van der Waals surface area contributed by atoms with Gasteiger partial charge in [0, 0.05) is 12.8 Å². The number of aryl methyl sites for hydroxylation is 1. The van der Waals surface area contributed by atoms with Crippen molar-refractivity contribution >= 4 is 5.78 Å². The molecule has 2 heteroatoms. The molecular formula is C15H14O2. The Hall–Kier alpha value is -1.83. The van der Waals surface area contributed by atoms with Crippen molar-refractivity contribution in [2.75, 3.05) is 0 Å². The van der Waals surface area contributed by atoms with E-state index in [1.807, 2.05) is 31.2 Å². The zero-order valence-corrected chi connectivity index (χ0v) is 9.77. The zero-order valence-electron chi connectivity index (χ0n) is 9.77. The Kier molecular flexibility index (Phi) is 2.36. The quantitative estimate of drug-likeness (QED) is 0.745. The third-order valence-electron chi connectivity index (χ3n) is 3.37. The molecule has 1 atom stereocenters. The highest BCUT2D eigenvalue weighted by atomic mass is 16.3. The molecule has 1 aliphatic rings. The topological polar surface area (TPSA) is 30.2 Å². The fraction of sp³-hybridized carbons (Fsp3) is 0.267. The standard InChI is InChI=1S/C15H14O2/c1-10-7-13-14(16)8-12(9-15(13)17-10)11-5-3-2-4-6-11/h2-7,12H,8-9H2,1H3. The molecule has 86 valence electrons. The van der Waals surface area contributed by atoms with Gasteiger partial charge in [-0.25, -0.2) is 0 Å². The van der Waals surface area contributed by atoms with E-state index in [2.05, 4.69) is 12.1 Å². The van der Waals surface area contributed by atoms with E-state index in [1.165, 1.54) is 5.56 Å². The highest BCUT2D eigenvalue weighted by Gasteiger charge is 2.28. The Morgan fingerprint density at radius 2 is 1.94 bits per heavy atom. The summed E-state index contributed by atoms with van der Waals surface area (Å²) in [5.41, 5.74) is 2.01. The van der Waals surface area contributed by atoms with E-state index in [4.69, 9.17) is 4.42 Å². The van der Waals surface area contributed by atoms with Crippen LogP contribution in [0.3, 0.4) is 0 Å². The number of rotatable bonds is 1. The Balaban J connectivity index is 1.96. The summed E-state index contributed by atoms with van der Waals surface area (Å²) < 4.78 is 5.61. The van der Waals surface area contributed by atoms with E-state index >= 15 is 0 Å². The fourth-order valence-electron chi connectivity index (χ4n) is 2.54. The summed E-state index contributed by atoms with van der Waals surface area (Å²) in [5, 5.41) is 0. The highest BCUT2D eigenvalue weighted by Crippen LogP contribution is 2.33. The second-order valence-electron chi connectivity index (χ2n) is 4.63. The van der Waals surface area contributed by atoms with E-state index in [9.17, 15) is 4.79 Å². The second kappa shape index (κ2) is 3.88. The molecule has 0 radical (unpaired) electrons. The van der Waals surface area contributed by atoms with E-state index in [0.29, 0.717) is 6.42 Å². The van der Waals surface area contributed by atoms with Crippen LogP contribution in [0.4, 0.5) is 0 Å². The van der Waals surface area contributed by atoms with E-state index in [1.54, 1.807) is 0 Å². The lowest BCUT2D eigenvalue weighted by atomic mass is 9.83. The van der Waals surface area contributed by atoms with Gasteiger partial charge in [0.05, 0.1) is 5.56 Å². The number of carbonyl (C=O) groups is 1. The van der Waals surface area contributed by atoms with Gasteiger partial charge < -0.3 is 4.42 Å². The summed E-state index contributed by atoms with van der Waals surface area (Å²) in [5.74, 6) is 2.16. The van der Waals surface area contributed by atoms with Crippen molar-refractivity contribution in [2.45, 2.75) is 25.7 Å². The summed E-state index contributed by atoms with van der Waals surface area (Å²) in [7, 11) is 0. The van der Waals surface area contributed by atoms with Crippen molar-refractivity contribution < 1.29 is 9.21 Å². The van der Waals surface area contributed by atoms with E-state index in [0.717, 1.165) is 23.5 Å². The Morgan fingerprint density at radius 3 is 2.71 bits per heavy atom. The van der Waals surface area contributed by atoms with E-state index < -0.39 is 0 Å². The molecule has 1 heterocycles. The van der Waals surface area contributed by atoms with Gasteiger partial charge >= 0.3 is 0 Å². The van der Waals surface area contributed by atoms with Crippen LogP contribution in [-0.2, 0) is 6.42 Å². The number of benzene rings is 1. The predicted octanol–water partition coefficient (Wildman–Crippen LogP) is 3.50. The molecule has 0 fully saturated rings. The molecule has 0 amide bonds. The van der Waals surface area contributed by atoms with Gasteiger partial charge in [-0.15, -0.1) is 0 Å². The maximum Gasteiger partial charge on any atom is 0.167 e. The van der Waals surface area contributed by atoms with Crippen molar-refractivity contribution in [3.8, 4) is 0 Å². The molecule has 0 spiro atoms. The first-order chi connectivity index (χ1) is 8.24. The third kappa shape index (κ3) is 1.80. The maximum absolute atomic E-state index is 12.0. The average molecular weight is 226 g/mol. The van der Waals surface area contributed by atoms with Gasteiger partial charge in [-0.05, 0) is 24.5 Å². The molecule has 1 aliphatic carbocycles. The summed E-state index contributed by atoms with van der Waals surface area (Å²) in [6.07, 6.45) is 1.43. The fourth-order valence-corrected chi connectivity index (χ4v) is 2.54. The van der Waals surface area contributed by atoms with Crippen molar-refractivity contribution in [1.82, 2.24) is 0 Å². The molecule has 3 rings (SSSR count). The van der Waals surface area contributed by atoms with Gasteiger partial charge in [0.1, 0.15) is 11.5 Å². The molecule has 0 aliphatic heterocycles. The molecule has 0 N–H and O–H groups in total. The van der Waals surface area contributed by atoms with Gasteiger partial charge in [-0.2, -0.15) is 0 Å². The van der Waals surface area contributed by atoms with Crippen LogP contribution in [0.2, 0.25) is 0 Å². The van der Waals surface area contributed by atoms with Crippen LogP contribution in [0.25, 0.3) is 0 Å². The Labute approximate surface area is 100 Å². The molecule has 0 saturated carbocycles. The normalized spacial score (nSPS) is 19.1. The number of furan rings is 1. The van der Waals surface area contributed by atoms with Gasteiger partial charge in [0.2, 0.25) is 0 Å². The SMILES string of the molecule is Cc1cc2c(o1)CC(c1ccccc1)CC2=O. The number of hydrogen-bond acceptors (Lipinski definition) is 2. The summed E-state index contributed by atoms with van der Waals surface area (Å²) in [6.45, 7) is 1.89. The lowest BCUT2D eigenvalue weighted by Gasteiger charge is -2.20. The first-order valence-corrected chi connectivity index (χ1v) is 5.91. The molecule has 0 saturated heterocycles. The number of Topliss-reactive ketones (excluding diaryl/α,β-unsaturated/α-hetero) is 1. The van der Waals surface area contributed by atoms with Crippen molar-refractivity contribution in [3.63, 3.8) is 0 Å². The van der Waals surface area contributed by atoms with Gasteiger partial charge in [0.15, 0.2) is 5.78 Å². The van der Waals surface area contributed by atoms with Crippen LogP contribution in [0.1, 0.15) is 39.8 Å². The van der Waals surface area contributed by atoms with Crippen LogP contribution < -0.4 is 0 Å². The lowest BCUT2D eigenvalue weighted by molar-refractivity contribution is 0.0960. The highest BCUT2D eigenvalue weighted by molar-refractivity contribution is 5.98. The number of hydrogen-bond donors (Lipinski definition) is 0. The van der Waals surface area contributed by atoms with Gasteiger partial charge in [0.25, 0.3) is 0 Å². The Bertz CT molecular complexity index is 552. The molecule has 1 aromatic carbocycles. The third-order valence-corrected chi connectivity index (χ3v) is 3.37. The number of carbonyl (C=O) groups excluding carboxylic acids is 1. The molecule has 1 aromatic heterocycles. The molecule has 0 bridgehead atoms. The van der Waals surface area contributed by atoms with Crippen LogP contribution in [0.15, 0.2) is 40.8 Å². The van der Waals surface area contributed by atoms with Crippen molar-refractivity contribution in [2.24, 2.45) is 0 Å². The summed E-state index contributed by atoms with van der Waals surface area (Å²) >= 11 is 0. The molecule has 17 heavy (non-hydrogen) atoms. The monoisotopic (exact) mass is 226 g/mol. The van der Waals surface area contributed by atoms with E-state index in [-0.39, 0.29) is 11.7 Å². The van der Waals surface area contributed by atoms with Crippen molar-refractivity contribution in [3.05, 3.63) is 59.0 Å². The minimum absolute atomic E-state index is 0.206. The molecule has 2 aromatic rings. The predicted molar refractivity (Wildman–Crippen MR) is 65.3 cm³/mol. The largest absolute Gasteiger partial charge is 0.466 e. The first-order valence-electron chi connectivity index (χ1n) is 5.91. The van der Waals surface area contributed by atoms with Gasteiger partial charge in [-0.3, -0.25) is 4.79 Å². The minimum Gasteiger partial charge on any atom is -0.466 e. The molecule has 2 nitrogen and oxygen atoms in total. The summed E-state index contributed by atoms with van der Waals surface area (Å²) in [6, 6.07) is 12.1. The van der Waals surface area contributed by atoms with Crippen molar-refractivity contribution in [1.29, 1.82) is 0 Å². The zero-order chi connectivity index (χ0) is 11.8. The smallest absolute Gasteiger partial charge is 0.167 e. The first kappa shape index (κ1) is 10.3. The maximum atomic E-state index is 12.0. The number of fused-ring (bicyclic) bond motifs is 1. The second-order valence-corrected chi connectivity index (χ2v) is 4.63. The Morgan fingerprint density at radius 1 is 1.18 bits per heavy atom. The summed E-state index contributed by atoms with van der Waals surface area (Å²) in [4.78, 5) is 12.0. The van der Waals surface area contributed by atoms with Gasteiger partial charge in [-0.1, -0.05) is 30.3 Å². The van der Waals surface area contributed by atoms with Crippen LogP contribution in [-0.4, -0.2) is 5.78 Å². The minimum atomic E-state index is 0.206. The van der Waals surface area contributed by atoms with Crippen LogP contribution >= 0.6 is 0 Å². The number of ketones is 1. The van der Waals surface area contributed by atoms with Crippen LogP contribution in [0, 0.1) is 6.92 Å². The van der Waals surface area contributed by atoms with Crippen LogP contribution in [0.5, 0.6) is 0 Å².